The molecule has 2 N–H and O–H groups in total. The summed E-state index contributed by atoms with van der Waals surface area (Å²) >= 11 is 6.05. The van der Waals surface area contributed by atoms with Gasteiger partial charge in [0, 0.05) is 55.2 Å². The summed E-state index contributed by atoms with van der Waals surface area (Å²) < 4.78 is 15.3. The van der Waals surface area contributed by atoms with Crippen molar-refractivity contribution in [2.45, 2.75) is 39.8 Å². The topological polar surface area (TPSA) is 44.9 Å². The van der Waals surface area contributed by atoms with Gasteiger partial charge in [0.05, 0.1) is 17.5 Å². The first kappa shape index (κ1) is 27.2. The van der Waals surface area contributed by atoms with Crippen LogP contribution in [0.5, 0.6) is 0 Å². The SMILES string of the molecule is C=CC(=NC(C)C)C(=C(C)N)C(c1ccc(Cl)cc1F)N(C)C(/C=C(/C)C=C)=C/N(C)C. The lowest BCUT2D eigenvalue weighted by Crippen LogP contribution is -2.31. The second-order valence-corrected chi connectivity index (χ2v) is 8.63. The Bertz CT molecular complexity index is 951. The van der Waals surface area contributed by atoms with E-state index in [1.165, 1.54) is 6.07 Å². The highest BCUT2D eigenvalue weighted by Crippen LogP contribution is 2.36. The molecule has 0 aliphatic rings. The third kappa shape index (κ3) is 7.41. The van der Waals surface area contributed by atoms with Gasteiger partial charge >= 0.3 is 0 Å². The van der Waals surface area contributed by atoms with E-state index in [4.69, 9.17) is 22.3 Å². The zero-order valence-corrected chi connectivity index (χ0v) is 21.0. The Morgan fingerprint density at radius 3 is 2.22 bits per heavy atom. The number of halogens is 2. The van der Waals surface area contributed by atoms with Crippen molar-refractivity contribution in [2.24, 2.45) is 10.7 Å². The summed E-state index contributed by atoms with van der Waals surface area (Å²) in [5, 5.41) is 0.328. The average Bonchev–Trinajstić information content (AvgIpc) is 2.69. The highest BCUT2D eigenvalue weighted by Gasteiger charge is 2.29. The van der Waals surface area contributed by atoms with Gasteiger partial charge in [0.15, 0.2) is 0 Å². The van der Waals surface area contributed by atoms with E-state index in [1.807, 2.05) is 64.0 Å². The molecule has 0 aliphatic carbocycles. The number of hydrogen-bond donors (Lipinski definition) is 1. The van der Waals surface area contributed by atoms with Gasteiger partial charge in [0.25, 0.3) is 0 Å². The first-order chi connectivity index (χ1) is 14.9. The van der Waals surface area contributed by atoms with Crippen LogP contribution in [0, 0.1) is 5.82 Å². The molecule has 0 aromatic heterocycles. The molecule has 1 rings (SSSR count). The van der Waals surface area contributed by atoms with Crippen LogP contribution in [-0.4, -0.2) is 42.7 Å². The van der Waals surface area contributed by atoms with Gasteiger partial charge in [-0.1, -0.05) is 36.9 Å². The molecule has 6 heteroatoms. The maximum absolute atomic E-state index is 15.3. The fourth-order valence-corrected chi connectivity index (χ4v) is 3.44. The molecule has 174 valence electrons. The molecular formula is C26H36ClFN4. The summed E-state index contributed by atoms with van der Waals surface area (Å²) in [6.45, 7) is 15.5. The van der Waals surface area contributed by atoms with Crippen LogP contribution in [0.2, 0.25) is 5.02 Å². The van der Waals surface area contributed by atoms with Gasteiger partial charge in [-0.15, -0.1) is 0 Å². The molecule has 0 saturated carbocycles. The van der Waals surface area contributed by atoms with Gasteiger partial charge in [0.1, 0.15) is 5.82 Å². The van der Waals surface area contributed by atoms with Crippen LogP contribution >= 0.6 is 11.6 Å². The molecule has 0 aliphatic heterocycles. The minimum Gasteiger partial charge on any atom is -0.402 e. The molecule has 0 amide bonds. The number of hydrogen-bond acceptors (Lipinski definition) is 4. The van der Waals surface area contributed by atoms with E-state index in [-0.39, 0.29) is 6.04 Å². The minimum absolute atomic E-state index is 0.0121. The van der Waals surface area contributed by atoms with E-state index in [0.717, 1.165) is 11.3 Å². The molecule has 0 spiro atoms. The predicted molar refractivity (Wildman–Crippen MR) is 137 cm³/mol. The Balaban J connectivity index is 3.96. The average molecular weight is 459 g/mol. The number of allylic oxidation sites excluding steroid dienone is 5. The Labute approximate surface area is 198 Å². The number of likely N-dealkylation sites (N-methyl/N-ethyl adjacent to an activating group) is 1. The molecule has 1 aromatic rings. The Hall–Kier alpha value is -2.79. The van der Waals surface area contributed by atoms with Crippen molar-refractivity contribution in [3.63, 3.8) is 0 Å². The van der Waals surface area contributed by atoms with Crippen LogP contribution in [0.3, 0.4) is 0 Å². The second kappa shape index (κ2) is 12.3. The van der Waals surface area contributed by atoms with Crippen molar-refractivity contribution in [1.29, 1.82) is 0 Å². The minimum atomic E-state index is -0.576. The van der Waals surface area contributed by atoms with Gasteiger partial charge in [-0.2, -0.15) is 0 Å². The quantitative estimate of drug-likeness (QED) is 0.332. The van der Waals surface area contributed by atoms with Crippen molar-refractivity contribution >= 4 is 17.3 Å². The van der Waals surface area contributed by atoms with Gasteiger partial charge in [-0.25, -0.2) is 4.39 Å². The molecule has 32 heavy (non-hydrogen) atoms. The second-order valence-electron chi connectivity index (χ2n) is 8.20. The predicted octanol–water partition coefficient (Wildman–Crippen LogP) is 6.26. The number of benzene rings is 1. The molecule has 0 saturated heterocycles. The summed E-state index contributed by atoms with van der Waals surface area (Å²) in [5.41, 5.74) is 10.5. The molecule has 0 radical (unpaired) electrons. The lowest BCUT2D eigenvalue weighted by molar-refractivity contribution is 0.344. The number of nitrogens with two attached hydrogens (primary N) is 1. The monoisotopic (exact) mass is 458 g/mol. The molecule has 0 heterocycles. The van der Waals surface area contributed by atoms with E-state index in [0.29, 0.717) is 27.6 Å². The summed E-state index contributed by atoms with van der Waals surface area (Å²) in [6.07, 6.45) is 7.39. The summed E-state index contributed by atoms with van der Waals surface area (Å²) in [5.74, 6) is -0.422. The summed E-state index contributed by atoms with van der Waals surface area (Å²) in [6, 6.07) is 4.12. The molecule has 0 fully saturated rings. The molecule has 1 aromatic carbocycles. The largest absolute Gasteiger partial charge is 0.402 e. The normalized spacial score (nSPS) is 14.8. The maximum Gasteiger partial charge on any atom is 0.130 e. The molecule has 4 nitrogen and oxygen atoms in total. The first-order valence-corrected chi connectivity index (χ1v) is 10.8. The maximum atomic E-state index is 15.3. The van der Waals surface area contributed by atoms with Crippen LogP contribution in [0.4, 0.5) is 4.39 Å². The number of rotatable bonds is 10. The third-order valence-corrected chi connectivity index (χ3v) is 4.94. The highest BCUT2D eigenvalue weighted by atomic mass is 35.5. The summed E-state index contributed by atoms with van der Waals surface area (Å²) in [4.78, 5) is 8.62. The standard InChI is InChI=1S/C26H36ClFN4/c1-10-18(5)14-21(16-31(7)8)32(9)26(22-13-12-20(27)15-23(22)28)25(19(6)29)24(11-2)30-17(3)4/h10-17,26H,1-2,29H2,3-9H3/b18-14-,21-16+,25-19?,30-24?. The Morgan fingerprint density at radius 1 is 1.16 bits per heavy atom. The number of nitrogens with zero attached hydrogens (tertiary/aromatic N) is 3. The highest BCUT2D eigenvalue weighted by molar-refractivity contribution is 6.30. The third-order valence-electron chi connectivity index (χ3n) is 4.70. The van der Waals surface area contributed by atoms with Crippen LogP contribution in [0.25, 0.3) is 0 Å². The van der Waals surface area contributed by atoms with Crippen molar-refractivity contribution in [3.8, 4) is 0 Å². The van der Waals surface area contributed by atoms with Crippen LogP contribution in [0.15, 0.2) is 83.3 Å². The van der Waals surface area contributed by atoms with Gasteiger partial charge < -0.3 is 15.5 Å². The lowest BCUT2D eigenvalue weighted by atomic mass is 9.91. The molecule has 0 bridgehead atoms. The van der Waals surface area contributed by atoms with Crippen LogP contribution < -0.4 is 5.73 Å². The van der Waals surface area contributed by atoms with Gasteiger partial charge in [-0.3, -0.25) is 4.99 Å². The zero-order chi connectivity index (χ0) is 24.6. The Morgan fingerprint density at radius 2 is 1.78 bits per heavy atom. The van der Waals surface area contributed by atoms with E-state index in [2.05, 4.69) is 13.2 Å². The lowest BCUT2D eigenvalue weighted by Gasteiger charge is -2.35. The van der Waals surface area contributed by atoms with E-state index < -0.39 is 11.9 Å². The number of aliphatic imine (C=N–C) groups is 1. The first-order valence-electron chi connectivity index (χ1n) is 10.5. The van der Waals surface area contributed by atoms with Gasteiger partial charge in [0.2, 0.25) is 0 Å². The van der Waals surface area contributed by atoms with E-state index in [1.54, 1.807) is 31.2 Å². The molecule has 1 atom stereocenters. The van der Waals surface area contributed by atoms with Crippen LogP contribution in [0.1, 0.15) is 39.3 Å². The fourth-order valence-electron chi connectivity index (χ4n) is 3.29. The molecular weight excluding hydrogens is 423 g/mol. The van der Waals surface area contributed by atoms with Crippen LogP contribution in [-0.2, 0) is 0 Å². The van der Waals surface area contributed by atoms with E-state index >= 15 is 4.39 Å². The smallest absolute Gasteiger partial charge is 0.130 e. The Kier molecular flexibility index (Phi) is 10.5. The van der Waals surface area contributed by atoms with E-state index in [9.17, 15) is 0 Å². The van der Waals surface area contributed by atoms with Crippen molar-refractivity contribution in [3.05, 3.63) is 94.7 Å². The van der Waals surface area contributed by atoms with Crippen molar-refractivity contribution in [1.82, 2.24) is 9.80 Å². The molecule has 1 unspecified atom stereocenters. The zero-order valence-electron chi connectivity index (χ0n) is 20.3. The summed E-state index contributed by atoms with van der Waals surface area (Å²) in [7, 11) is 5.77. The van der Waals surface area contributed by atoms with Crippen molar-refractivity contribution < 1.29 is 4.39 Å². The van der Waals surface area contributed by atoms with Crippen molar-refractivity contribution in [2.75, 3.05) is 21.1 Å². The van der Waals surface area contributed by atoms with Gasteiger partial charge in [-0.05, 0) is 57.6 Å². The fraction of sp³-hybridized carbons (Fsp3) is 0.346.